The summed E-state index contributed by atoms with van der Waals surface area (Å²) in [6, 6.07) is 4.15. The molecule has 0 bridgehead atoms. The zero-order valence-electron chi connectivity index (χ0n) is 10.5. The monoisotopic (exact) mass is 231 g/mol. The van der Waals surface area contributed by atoms with E-state index in [2.05, 4.69) is 12.1 Å². The van der Waals surface area contributed by atoms with Gasteiger partial charge in [-0.05, 0) is 31.9 Å². The van der Waals surface area contributed by atoms with Gasteiger partial charge in [-0.2, -0.15) is 0 Å². The Hall–Kier alpha value is -1.64. The fraction of sp³-hybridized carbons (Fsp3) is 0.429. The first-order valence-corrected chi connectivity index (χ1v) is 5.89. The highest BCUT2D eigenvalue weighted by molar-refractivity contribution is 6.09. The summed E-state index contributed by atoms with van der Waals surface area (Å²) < 4.78 is 0. The van der Waals surface area contributed by atoms with E-state index in [0.29, 0.717) is 13.0 Å². The van der Waals surface area contributed by atoms with Gasteiger partial charge in [-0.15, -0.1) is 0 Å². The van der Waals surface area contributed by atoms with E-state index in [1.54, 1.807) is 4.90 Å². The molecule has 1 aliphatic rings. The fourth-order valence-electron chi connectivity index (χ4n) is 2.55. The first kappa shape index (κ1) is 11.8. The van der Waals surface area contributed by atoms with Crippen molar-refractivity contribution in [2.24, 2.45) is 0 Å². The highest BCUT2D eigenvalue weighted by Gasteiger charge is 2.26. The van der Waals surface area contributed by atoms with Crippen LogP contribution in [-0.4, -0.2) is 18.2 Å². The van der Waals surface area contributed by atoms with Gasteiger partial charge in [0.15, 0.2) is 0 Å². The summed E-state index contributed by atoms with van der Waals surface area (Å²) in [5.74, 6) is -0.0232. The fourth-order valence-corrected chi connectivity index (χ4v) is 2.55. The first-order chi connectivity index (χ1) is 7.99. The highest BCUT2D eigenvalue weighted by atomic mass is 16.2. The molecule has 17 heavy (non-hydrogen) atoms. The number of carbonyl (C=O) groups is 2. The summed E-state index contributed by atoms with van der Waals surface area (Å²) in [6.45, 7) is 6.59. The number of nitrogens with zero attached hydrogens (tertiary/aromatic N) is 1. The van der Waals surface area contributed by atoms with Crippen LogP contribution in [0.2, 0.25) is 0 Å². The molecule has 0 N–H and O–H groups in total. The third-order valence-corrected chi connectivity index (χ3v) is 3.17. The van der Waals surface area contributed by atoms with Crippen molar-refractivity contribution in [3.63, 3.8) is 0 Å². The summed E-state index contributed by atoms with van der Waals surface area (Å²) in [7, 11) is 0. The highest BCUT2D eigenvalue weighted by Crippen LogP contribution is 2.28. The van der Waals surface area contributed by atoms with Gasteiger partial charge in [-0.3, -0.25) is 9.59 Å². The largest absolute Gasteiger partial charge is 0.311 e. The van der Waals surface area contributed by atoms with E-state index in [9.17, 15) is 9.59 Å². The van der Waals surface area contributed by atoms with Crippen molar-refractivity contribution < 1.29 is 9.59 Å². The van der Waals surface area contributed by atoms with E-state index in [0.717, 1.165) is 16.8 Å². The number of aryl methyl sites for hydroxylation is 3. The Bertz CT molecular complexity index is 468. The Morgan fingerprint density at radius 3 is 2.18 bits per heavy atom. The number of anilines is 1. The number of rotatable bonds is 1. The molecular weight excluding hydrogens is 214 g/mol. The van der Waals surface area contributed by atoms with Gasteiger partial charge < -0.3 is 4.90 Å². The summed E-state index contributed by atoms with van der Waals surface area (Å²) in [5.41, 5.74) is 4.38. The summed E-state index contributed by atoms with van der Waals surface area (Å²) in [5, 5.41) is 0. The average Bonchev–Trinajstić information content (AvgIpc) is 2.19. The van der Waals surface area contributed by atoms with Crippen molar-refractivity contribution in [3.8, 4) is 0 Å². The molecule has 0 aromatic heterocycles. The van der Waals surface area contributed by atoms with Gasteiger partial charge in [-0.1, -0.05) is 17.7 Å². The second-order valence-corrected chi connectivity index (χ2v) is 4.76. The molecule has 1 fully saturated rings. The number of carbonyl (C=O) groups excluding carboxylic acids is 2. The minimum atomic E-state index is -0.0729. The normalized spacial score (nSPS) is 16.5. The molecule has 3 nitrogen and oxygen atoms in total. The lowest BCUT2D eigenvalue weighted by molar-refractivity contribution is -0.128. The Balaban J connectivity index is 2.40. The molecule has 0 spiro atoms. The van der Waals surface area contributed by atoms with Gasteiger partial charge in [0.05, 0.1) is 6.42 Å². The molecule has 0 aliphatic carbocycles. The lowest BCUT2D eigenvalue weighted by Gasteiger charge is -2.29. The third kappa shape index (κ3) is 2.23. The Morgan fingerprint density at radius 1 is 1.06 bits per heavy atom. The quantitative estimate of drug-likeness (QED) is 0.695. The van der Waals surface area contributed by atoms with Crippen LogP contribution in [0.4, 0.5) is 5.69 Å². The van der Waals surface area contributed by atoms with Crippen molar-refractivity contribution in [2.75, 3.05) is 11.4 Å². The maximum atomic E-state index is 11.9. The van der Waals surface area contributed by atoms with E-state index in [1.165, 1.54) is 5.56 Å². The van der Waals surface area contributed by atoms with Gasteiger partial charge in [0.1, 0.15) is 5.78 Å². The van der Waals surface area contributed by atoms with Crippen LogP contribution in [0.25, 0.3) is 0 Å². The lowest BCUT2D eigenvalue weighted by Crippen LogP contribution is -2.39. The SMILES string of the molecule is Cc1cc(C)c(N2CCC(=O)CC2=O)c(C)c1. The molecule has 0 unspecified atom stereocenters. The number of Topliss-reactive ketones (excluding diaryl/α,β-unsaturated/α-hetero) is 1. The number of benzene rings is 1. The number of ketones is 1. The minimum Gasteiger partial charge on any atom is -0.311 e. The van der Waals surface area contributed by atoms with Gasteiger partial charge in [-0.25, -0.2) is 0 Å². The van der Waals surface area contributed by atoms with Gasteiger partial charge >= 0.3 is 0 Å². The van der Waals surface area contributed by atoms with Crippen molar-refractivity contribution in [1.82, 2.24) is 0 Å². The van der Waals surface area contributed by atoms with Crippen LogP contribution in [-0.2, 0) is 9.59 Å². The predicted octanol–water partition coefficient (Wildman–Crippen LogP) is 2.31. The number of hydrogen-bond donors (Lipinski definition) is 0. The molecule has 0 saturated carbocycles. The molecular formula is C14H17NO2. The standard InChI is InChI=1S/C14H17NO2/c1-9-6-10(2)14(11(3)7-9)15-5-4-12(16)8-13(15)17/h6-7H,4-5,8H2,1-3H3. The van der Waals surface area contributed by atoms with Crippen LogP contribution in [0.5, 0.6) is 0 Å². The van der Waals surface area contributed by atoms with E-state index in [1.807, 2.05) is 20.8 Å². The average molecular weight is 231 g/mol. The molecule has 1 saturated heterocycles. The van der Waals surface area contributed by atoms with Crippen LogP contribution >= 0.6 is 0 Å². The van der Waals surface area contributed by atoms with Gasteiger partial charge in [0.25, 0.3) is 0 Å². The first-order valence-electron chi connectivity index (χ1n) is 5.89. The van der Waals surface area contributed by atoms with E-state index in [4.69, 9.17) is 0 Å². The van der Waals surface area contributed by atoms with Crippen LogP contribution < -0.4 is 4.90 Å². The van der Waals surface area contributed by atoms with Crippen molar-refractivity contribution in [2.45, 2.75) is 33.6 Å². The predicted molar refractivity (Wildman–Crippen MR) is 67.2 cm³/mol. The molecule has 1 heterocycles. The van der Waals surface area contributed by atoms with Crippen LogP contribution in [0.15, 0.2) is 12.1 Å². The van der Waals surface area contributed by atoms with E-state index >= 15 is 0 Å². The molecule has 1 amide bonds. The minimum absolute atomic E-state index is 0.0484. The second kappa shape index (κ2) is 4.32. The van der Waals surface area contributed by atoms with Crippen molar-refractivity contribution >= 4 is 17.4 Å². The van der Waals surface area contributed by atoms with E-state index < -0.39 is 0 Å². The van der Waals surface area contributed by atoms with Gasteiger partial charge in [0, 0.05) is 18.7 Å². The van der Waals surface area contributed by atoms with Gasteiger partial charge in [0.2, 0.25) is 5.91 Å². The second-order valence-electron chi connectivity index (χ2n) is 4.76. The molecule has 2 rings (SSSR count). The maximum Gasteiger partial charge on any atom is 0.234 e. The summed E-state index contributed by atoms with van der Waals surface area (Å²) in [6.07, 6.45) is 0.519. The van der Waals surface area contributed by atoms with Crippen molar-refractivity contribution in [1.29, 1.82) is 0 Å². The molecule has 0 atom stereocenters. The zero-order chi connectivity index (χ0) is 12.6. The zero-order valence-corrected chi connectivity index (χ0v) is 10.5. The van der Waals surface area contributed by atoms with Crippen LogP contribution in [0.3, 0.4) is 0 Å². The van der Waals surface area contributed by atoms with Crippen molar-refractivity contribution in [3.05, 3.63) is 28.8 Å². The Labute approximate surface area is 101 Å². The van der Waals surface area contributed by atoms with Crippen LogP contribution in [0.1, 0.15) is 29.5 Å². The lowest BCUT2D eigenvalue weighted by atomic mass is 10.0. The third-order valence-electron chi connectivity index (χ3n) is 3.17. The summed E-state index contributed by atoms with van der Waals surface area (Å²) in [4.78, 5) is 24.9. The molecule has 3 heteroatoms. The maximum absolute atomic E-state index is 11.9. The number of piperidine rings is 1. The molecule has 90 valence electrons. The molecule has 1 aromatic carbocycles. The number of amides is 1. The molecule has 1 aliphatic heterocycles. The number of hydrogen-bond acceptors (Lipinski definition) is 2. The molecule has 1 aromatic rings. The topological polar surface area (TPSA) is 37.4 Å². The Kier molecular flexibility index (Phi) is 3.01. The smallest absolute Gasteiger partial charge is 0.234 e. The van der Waals surface area contributed by atoms with E-state index in [-0.39, 0.29) is 18.1 Å². The Morgan fingerprint density at radius 2 is 1.65 bits per heavy atom. The molecule has 0 radical (unpaired) electrons. The van der Waals surface area contributed by atoms with Crippen LogP contribution in [0, 0.1) is 20.8 Å². The summed E-state index contributed by atoms with van der Waals surface area (Å²) >= 11 is 0.